The van der Waals surface area contributed by atoms with E-state index in [1.54, 1.807) is 18.4 Å². The second-order valence-corrected chi connectivity index (χ2v) is 8.05. The van der Waals surface area contributed by atoms with Crippen molar-refractivity contribution in [3.63, 3.8) is 0 Å². The van der Waals surface area contributed by atoms with Gasteiger partial charge in [-0.05, 0) is 37.1 Å². The van der Waals surface area contributed by atoms with Crippen molar-refractivity contribution in [2.75, 3.05) is 32.1 Å². The SMILES string of the molecule is COc1ccccc1NC(=O)C[NH+]1CCC[C@H](c2nc3ccccc3s2)C1. The Morgan fingerprint density at radius 1 is 1.26 bits per heavy atom. The zero-order chi connectivity index (χ0) is 18.6. The largest absolute Gasteiger partial charge is 0.495 e. The van der Waals surface area contributed by atoms with E-state index < -0.39 is 0 Å². The number of piperidine rings is 1. The maximum atomic E-state index is 12.5. The number of nitrogens with one attached hydrogen (secondary N) is 2. The number of anilines is 1. The number of benzene rings is 2. The van der Waals surface area contributed by atoms with Gasteiger partial charge in [0.05, 0.1) is 42.0 Å². The van der Waals surface area contributed by atoms with E-state index in [-0.39, 0.29) is 5.91 Å². The summed E-state index contributed by atoms with van der Waals surface area (Å²) in [7, 11) is 1.61. The number of hydrogen-bond donors (Lipinski definition) is 2. The number of ether oxygens (including phenoxy) is 1. The van der Waals surface area contributed by atoms with Gasteiger partial charge >= 0.3 is 0 Å². The van der Waals surface area contributed by atoms with Crippen LogP contribution in [0, 0.1) is 0 Å². The van der Waals surface area contributed by atoms with Crippen LogP contribution >= 0.6 is 11.3 Å². The van der Waals surface area contributed by atoms with Gasteiger partial charge in [-0.3, -0.25) is 4.79 Å². The molecule has 2 aromatic carbocycles. The number of nitrogens with zero attached hydrogens (tertiary/aromatic N) is 1. The quantitative estimate of drug-likeness (QED) is 0.713. The minimum atomic E-state index is 0.0273. The number of fused-ring (bicyclic) bond motifs is 1. The molecule has 0 saturated carbocycles. The molecule has 3 aromatic rings. The number of carbonyl (C=O) groups excluding carboxylic acids is 1. The van der Waals surface area contributed by atoms with Gasteiger partial charge in [-0.1, -0.05) is 24.3 Å². The number of quaternary nitrogens is 1. The van der Waals surface area contributed by atoms with Crippen molar-refractivity contribution in [2.45, 2.75) is 18.8 Å². The molecule has 1 aliphatic heterocycles. The number of para-hydroxylation sites is 3. The lowest BCUT2D eigenvalue weighted by molar-refractivity contribution is -0.898. The van der Waals surface area contributed by atoms with E-state index in [0.29, 0.717) is 18.2 Å². The first kappa shape index (κ1) is 17.9. The number of methoxy groups -OCH3 is 1. The topological polar surface area (TPSA) is 55.7 Å². The second-order valence-electron chi connectivity index (χ2n) is 6.99. The van der Waals surface area contributed by atoms with Crippen LogP contribution in [0.3, 0.4) is 0 Å². The molecule has 27 heavy (non-hydrogen) atoms. The monoisotopic (exact) mass is 382 g/mol. The van der Waals surface area contributed by atoms with Crippen molar-refractivity contribution in [3.05, 3.63) is 53.5 Å². The molecule has 1 fully saturated rings. The lowest BCUT2D eigenvalue weighted by Crippen LogP contribution is -3.14. The van der Waals surface area contributed by atoms with Crippen LogP contribution < -0.4 is 15.0 Å². The standard InChI is InChI=1S/C21H23N3O2S/c1-26-18-10-4-2-8-16(18)22-20(25)14-24-12-6-7-15(13-24)21-23-17-9-3-5-11-19(17)27-21/h2-5,8-11,15H,6-7,12-14H2,1H3,(H,22,25)/p+1/t15-/m0/s1. The van der Waals surface area contributed by atoms with Gasteiger partial charge in [-0.25, -0.2) is 4.98 Å². The Hall–Kier alpha value is -2.44. The van der Waals surface area contributed by atoms with Crippen molar-refractivity contribution in [3.8, 4) is 5.75 Å². The molecule has 1 aliphatic rings. The van der Waals surface area contributed by atoms with Crippen molar-refractivity contribution in [1.82, 2.24) is 4.98 Å². The fourth-order valence-corrected chi connectivity index (χ4v) is 4.86. The van der Waals surface area contributed by atoms with E-state index in [4.69, 9.17) is 9.72 Å². The van der Waals surface area contributed by atoms with Crippen LogP contribution in [0.15, 0.2) is 48.5 Å². The van der Waals surface area contributed by atoms with Gasteiger partial charge in [0.25, 0.3) is 5.91 Å². The van der Waals surface area contributed by atoms with E-state index >= 15 is 0 Å². The average Bonchev–Trinajstić information content (AvgIpc) is 3.13. The number of amides is 1. The molecule has 0 radical (unpaired) electrons. The molecule has 1 aromatic heterocycles. The van der Waals surface area contributed by atoms with Crippen LogP contribution in [-0.4, -0.2) is 37.6 Å². The molecule has 1 amide bonds. The first-order valence-electron chi connectivity index (χ1n) is 9.35. The molecular weight excluding hydrogens is 358 g/mol. The van der Waals surface area contributed by atoms with Crippen LogP contribution in [0.1, 0.15) is 23.8 Å². The minimum Gasteiger partial charge on any atom is -0.495 e. The van der Waals surface area contributed by atoms with Gasteiger partial charge < -0.3 is 15.0 Å². The number of hydrogen-bond acceptors (Lipinski definition) is 4. The van der Waals surface area contributed by atoms with Gasteiger partial charge in [0.2, 0.25) is 0 Å². The van der Waals surface area contributed by atoms with E-state index in [1.807, 2.05) is 30.3 Å². The molecule has 140 valence electrons. The Morgan fingerprint density at radius 3 is 2.93 bits per heavy atom. The molecule has 2 atom stereocenters. The van der Waals surface area contributed by atoms with Crippen LogP contribution in [0.4, 0.5) is 5.69 Å². The van der Waals surface area contributed by atoms with Crippen LogP contribution in [0.25, 0.3) is 10.2 Å². The second kappa shape index (κ2) is 8.06. The van der Waals surface area contributed by atoms with Crippen molar-refractivity contribution < 1.29 is 14.4 Å². The lowest BCUT2D eigenvalue weighted by atomic mass is 9.99. The third-order valence-electron chi connectivity index (χ3n) is 5.07. The summed E-state index contributed by atoms with van der Waals surface area (Å²) in [5, 5.41) is 4.19. The predicted molar refractivity (Wildman–Crippen MR) is 109 cm³/mol. The Balaban J connectivity index is 1.40. The Labute approximate surface area is 163 Å². The van der Waals surface area contributed by atoms with Gasteiger partial charge in [0.1, 0.15) is 10.8 Å². The van der Waals surface area contributed by atoms with Crippen LogP contribution in [0.5, 0.6) is 5.75 Å². The van der Waals surface area contributed by atoms with E-state index in [0.717, 1.165) is 37.1 Å². The maximum absolute atomic E-state index is 12.5. The van der Waals surface area contributed by atoms with Gasteiger partial charge in [0, 0.05) is 0 Å². The summed E-state index contributed by atoms with van der Waals surface area (Å²) in [5.41, 5.74) is 1.81. The summed E-state index contributed by atoms with van der Waals surface area (Å²) < 4.78 is 6.56. The van der Waals surface area contributed by atoms with Crippen molar-refractivity contribution >= 4 is 33.1 Å². The van der Waals surface area contributed by atoms with Crippen molar-refractivity contribution in [2.24, 2.45) is 0 Å². The average molecular weight is 383 g/mol. The molecule has 1 unspecified atom stereocenters. The molecule has 4 rings (SSSR count). The van der Waals surface area contributed by atoms with E-state index in [1.165, 1.54) is 14.6 Å². The lowest BCUT2D eigenvalue weighted by Gasteiger charge is -2.28. The minimum absolute atomic E-state index is 0.0273. The maximum Gasteiger partial charge on any atom is 0.279 e. The van der Waals surface area contributed by atoms with Gasteiger partial charge in [0.15, 0.2) is 6.54 Å². The highest BCUT2D eigenvalue weighted by atomic mass is 32.1. The fraction of sp³-hybridized carbons (Fsp3) is 0.333. The van der Waals surface area contributed by atoms with E-state index in [2.05, 4.69) is 23.5 Å². The Morgan fingerprint density at radius 2 is 2.07 bits per heavy atom. The zero-order valence-corrected chi connectivity index (χ0v) is 16.2. The number of likely N-dealkylation sites (tertiary alicyclic amines) is 1. The highest BCUT2D eigenvalue weighted by molar-refractivity contribution is 7.18. The molecular formula is C21H24N3O2S+. The van der Waals surface area contributed by atoms with E-state index in [9.17, 15) is 4.79 Å². The molecule has 2 N–H and O–H groups in total. The molecule has 0 spiro atoms. The van der Waals surface area contributed by atoms with Gasteiger partial charge in [-0.2, -0.15) is 0 Å². The van der Waals surface area contributed by atoms with Crippen molar-refractivity contribution in [1.29, 1.82) is 0 Å². The third-order valence-corrected chi connectivity index (χ3v) is 6.27. The smallest absolute Gasteiger partial charge is 0.279 e. The fourth-order valence-electron chi connectivity index (χ4n) is 3.76. The highest BCUT2D eigenvalue weighted by Gasteiger charge is 2.28. The predicted octanol–water partition coefficient (Wildman–Crippen LogP) is 2.71. The number of rotatable bonds is 5. The summed E-state index contributed by atoms with van der Waals surface area (Å²) >= 11 is 1.79. The number of carbonyl (C=O) groups is 1. The molecule has 5 nitrogen and oxygen atoms in total. The Bertz CT molecular complexity index is 907. The molecule has 6 heteroatoms. The van der Waals surface area contributed by atoms with Crippen LogP contribution in [-0.2, 0) is 4.79 Å². The summed E-state index contributed by atoms with van der Waals surface area (Å²) in [6.07, 6.45) is 2.27. The normalized spacial score (nSPS) is 19.7. The number of aromatic nitrogens is 1. The highest BCUT2D eigenvalue weighted by Crippen LogP contribution is 2.30. The van der Waals surface area contributed by atoms with Gasteiger partial charge in [-0.15, -0.1) is 11.3 Å². The zero-order valence-electron chi connectivity index (χ0n) is 15.4. The number of thiazole rings is 1. The third kappa shape index (κ3) is 4.12. The first-order chi connectivity index (χ1) is 13.2. The molecule has 0 aliphatic carbocycles. The molecule has 2 heterocycles. The van der Waals surface area contributed by atoms with Crippen LogP contribution in [0.2, 0.25) is 0 Å². The summed E-state index contributed by atoms with van der Waals surface area (Å²) in [6.45, 7) is 2.46. The molecule has 0 bridgehead atoms. The first-order valence-corrected chi connectivity index (χ1v) is 10.2. The molecule has 1 saturated heterocycles. The Kier molecular flexibility index (Phi) is 5.36. The summed E-state index contributed by atoms with van der Waals surface area (Å²) in [6, 6.07) is 15.8. The summed E-state index contributed by atoms with van der Waals surface area (Å²) in [5.74, 6) is 1.15. The summed E-state index contributed by atoms with van der Waals surface area (Å²) in [4.78, 5) is 18.7.